The molecule has 1 aromatic carbocycles. The van der Waals surface area contributed by atoms with Gasteiger partial charge in [0.05, 0.1) is 12.2 Å². The van der Waals surface area contributed by atoms with E-state index in [1.54, 1.807) is 0 Å². The van der Waals surface area contributed by atoms with Crippen LogP contribution in [-0.4, -0.2) is 28.8 Å². The summed E-state index contributed by atoms with van der Waals surface area (Å²) in [6.07, 6.45) is 4.04. The Kier molecular flexibility index (Phi) is 5.85. The second-order valence-corrected chi connectivity index (χ2v) is 4.20. The van der Waals surface area contributed by atoms with Crippen LogP contribution >= 0.6 is 0 Å². The summed E-state index contributed by atoms with van der Waals surface area (Å²) >= 11 is 0. The fourth-order valence-corrected chi connectivity index (χ4v) is 1.76. The molecule has 0 radical (unpaired) electrons. The van der Waals surface area contributed by atoms with Crippen LogP contribution in [-0.2, 0) is 0 Å². The highest BCUT2D eigenvalue weighted by Crippen LogP contribution is 2.23. The van der Waals surface area contributed by atoms with Crippen molar-refractivity contribution in [1.82, 2.24) is 0 Å². The number of hydrogen-bond donors (Lipinski definition) is 2. The molecule has 1 rings (SSSR count). The molecule has 0 saturated carbocycles. The lowest BCUT2D eigenvalue weighted by atomic mass is 10.1. The standard InChI is InChI=1S/C14H18O5/c1-2-3-4-5-9-19-11-8-6-7-10(13(15)16)12(11)14(17)18/h6-8H,2-5,9H2,1H3,(H,15,16)(H,17,18). The number of carbonyl (C=O) groups is 2. The Morgan fingerprint density at radius 3 is 2.42 bits per heavy atom. The Balaban J connectivity index is 2.80. The summed E-state index contributed by atoms with van der Waals surface area (Å²) in [6.45, 7) is 2.49. The van der Waals surface area contributed by atoms with Gasteiger partial charge >= 0.3 is 11.9 Å². The summed E-state index contributed by atoms with van der Waals surface area (Å²) in [5.74, 6) is -2.45. The molecule has 0 spiro atoms. The fourth-order valence-electron chi connectivity index (χ4n) is 1.76. The molecule has 0 unspecified atom stereocenters. The van der Waals surface area contributed by atoms with E-state index in [0.717, 1.165) is 25.7 Å². The molecule has 0 fully saturated rings. The largest absolute Gasteiger partial charge is 0.493 e. The van der Waals surface area contributed by atoms with Gasteiger partial charge in [0, 0.05) is 0 Å². The zero-order valence-electron chi connectivity index (χ0n) is 10.9. The van der Waals surface area contributed by atoms with Gasteiger partial charge in [-0.3, -0.25) is 0 Å². The van der Waals surface area contributed by atoms with Crippen molar-refractivity contribution >= 4 is 11.9 Å². The van der Waals surface area contributed by atoms with Crippen LogP contribution in [0.2, 0.25) is 0 Å². The first-order valence-electron chi connectivity index (χ1n) is 6.30. The summed E-state index contributed by atoms with van der Waals surface area (Å²) in [5.41, 5.74) is -0.538. The lowest BCUT2D eigenvalue weighted by Gasteiger charge is -2.10. The SMILES string of the molecule is CCCCCCOc1cccc(C(=O)O)c1C(=O)O. The van der Waals surface area contributed by atoms with E-state index < -0.39 is 11.9 Å². The van der Waals surface area contributed by atoms with E-state index in [-0.39, 0.29) is 16.9 Å². The van der Waals surface area contributed by atoms with Crippen molar-refractivity contribution in [3.63, 3.8) is 0 Å². The summed E-state index contributed by atoms with van der Waals surface area (Å²) in [7, 11) is 0. The fraction of sp³-hybridized carbons (Fsp3) is 0.429. The van der Waals surface area contributed by atoms with Crippen molar-refractivity contribution in [2.45, 2.75) is 32.6 Å². The van der Waals surface area contributed by atoms with Crippen LogP contribution < -0.4 is 4.74 Å². The Morgan fingerprint density at radius 2 is 1.84 bits per heavy atom. The highest BCUT2D eigenvalue weighted by Gasteiger charge is 2.20. The van der Waals surface area contributed by atoms with E-state index in [9.17, 15) is 9.59 Å². The average Bonchev–Trinajstić information content (AvgIpc) is 2.37. The predicted octanol–water partition coefficient (Wildman–Crippen LogP) is 3.04. The molecule has 0 heterocycles. The van der Waals surface area contributed by atoms with E-state index in [1.165, 1.54) is 18.2 Å². The molecule has 0 aliphatic carbocycles. The molecule has 5 heteroatoms. The van der Waals surface area contributed by atoms with Gasteiger partial charge in [-0.05, 0) is 18.6 Å². The van der Waals surface area contributed by atoms with Gasteiger partial charge in [0.1, 0.15) is 11.3 Å². The van der Waals surface area contributed by atoms with Gasteiger partial charge in [0.2, 0.25) is 0 Å². The Labute approximate surface area is 111 Å². The predicted molar refractivity (Wildman–Crippen MR) is 70.0 cm³/mol. The molecule has 0 bridgehead atoms. The highest BCUT2D eigenvalue weighted by atomic mass is 16.5. The van der Waals surface area contributed by atoms with E-state index in [4.69, 9.17) is 14.9 Å². The number of carboxylic acids is 2. The molecule has 5 nitrogen and oxygen atoms in total. The van der Waals surface area contributed by atoms with Crippen LogP contribution in [0.1, 0.15) is 53.3 Å². The Bertz CT molecular complexity index is 453. The van der Waals surface area contributed by atoms with Crippen molar-refractivity contribution in [1.29, 1.82) is 0 Å². The molecule has 0 aromatic heterocycles. The summed E-state index contributed by atoms with van der Waals surface area (Å²) in [4.78, 5) is 22.1. The van der Waals surface area contributed by atoms with Crippen molar-refractivity contribution in [3.05, 3.63) is 29.3 Å². The van der Waals surface area contributed by atoms with Crippen LogP contribution in [0.4, 0.5) is 0 Å². The normalized spacial score (nSPS) is 10.2. The quantitative estimate of drug-likeness (QED) is 0.706. The molecule has 19 heavy (non-hydrogen) atoms. The maximum absolute atomic E-state index is 11.1. The molecule has 104 valence electrons. The number of benzene rings is 1. The minimum Gasteiger partial charge on any atom is -0.493 e. The lowest BCUT2D eigenvalue weighted by molar-refractivity contribution is 0.0647. The van der Waals surface area contributed by atoms with E-state index >= 15 is 0 Å². The zero-order valence-corrected chi connectivity index (χ0v) is 10.9. The minimum atomic E-state index is -1.29. The summed E-state index contributed by atoms with van der Waals surface area (Å²) < 4.78 is 5.39. The molecule has 0 aliphatic heterocycles. The van der Waals surface area contributed by atoms with Gasteiger partial charge in [-0.15, -0.1) is 0 Å². The third kappa shape index (κ3) is 4.28. The van der Waals surface area contributed by atoms with Gasteiger partial charge in [-0.25, -0.2) is 9.59 Å². The van der Waals surface area contributed by atoms with Crippen LogP contribution in [0.15, 0.2) is 18.2 Å². The second kappa shape index (κ2) is 7.41. The monoisotopic (exact) mass is 266 g/mol. The van der Waals surface area contributed by atoms with Gasteiger partial charge in [0.25, 0.3) is 0 Å². The molecule has 1 aromatic rings. The summed E-state index contributed by atoms with van der Waals surface area (Å²) in [5, 5.41) is 18.1. The second-order valence-electron chi connectivity index (χ2n) is 4.20. The van der Waals surface area contributed by atoms with Crippen LogP contribution in [0.5, 0.6) is 5.75 Å². The first kappa shape index (κ1) is 15.0. The average molecular weight is 266 g/mol. The topological polar surface area (TPSA) is 83.8 Å². The first-order chi connectivity index (χ1) is 9.07. The molecule has 2 N–H and O–H groups in total. The highest BCUT2D eigenvalue weighted by molar-refractivity contribution is 6.03. The molecular formula is C14H18O5. The maximum Gasteiger partial charge on any atom is 0.340 e. The minimum absolute atomic E-state index is 0.115. The van der Waals surface area contributed by atoms with Gasteiger partial charge in [-0.1, -0.05) is 32.3 Å². The van der Waals surface area contributed by atoms with Gasteiger partial charge in [-0.2, -0.15) is 0 Å². The summed E-state index contributed by atoms with van der Waals surface area (Å²) in [6, 6.07) is 4.22. The van der Waals surface area contributed by atoms with Crippen molar-refractivity contribution in [2.24, 2.45) is 0 Å². The van der Waals surface area contributed by atoms with E-state index in [1.807, 2.05) is 0 Å². The lowest BCUT2D eigenvalue weighted by Crippen LogP contribution is -2.11. The first-order valence-corrected chi connectivity index (χ1v) is 6.30. The number of ether oxygens (including phenoxy) is 1. The van der Waals surface area contributed by atoms with Crippen LogP contribution in [0, 0.1) is 0 Å². The van der Waals surface area contributed by atoms with E-state index in [2.05, 4.69) is 6.92 Å². The van der Waals surface area contributed by atoms with Crippen molar-refractivity contribution in [3.8, 4) is 5.75 Å². The molecule has 0 atom stereocenters. The number of rotatable bonds is 8. The van der Waals surface area contributed by atoms with Crippen molar-refractivity contribution in [2.75, 3.05) is 6.61 Å². The van der Waals surface area contributed by atoms with E-state index in [0.29, 0.717) is 6.61 Å². The van der Waals surface area contributed by atoms with Gasteiger partial charge in [0.15, 0.2) is 0 Å². The number of aromatic carboxylic acids is 2. The van der Waals surface area contributed by atoms with Gasteiger partial charge < -0.3 is 14.9 Å². The van der Waals surface area contributed by atoms with Crippen LogP contribution in [0.3, 0.4) is 0 Å². The van der Waals surface area contributed by atoms with Crippen LogP contribution in [0.25, 0.3) is 0 Å². The van der Waals surface area contributed by atoms with Crippen molar-refractivity contribution < 1.29 is 24.5 Å². The molecule has 0 aliphatic rings. The molecular weight excluding hydrogens is 248 g/mol. The number of hydrogen-bond acceptors (Lipinski definition) is 3. The third-order valence-corrected chi connectivity index (χ3v) is 2.73. The third-order valence-electron chi connectivity index (χ3n) is 2.73. The Morgan fingerprint density at radius 1 is 1.11 bits per heavy atom. The molecule has 0 saturated heterocycles. The zero-order chi connectivity index (χ0) is 14.3. The smallest absolute Gasteiger partial charge is 0.340 e. The maximum atomic E-state index is 11.1. The number of unbranched alkanes of at least 4 members (excludes halogenated alkanes) is 3. The Hall–Kier alpha value is -2.04. The molecule has 0 amide bonds. The number of carboxylic acid groups (broad SMARTS) is 2.